The second-order valence-corrected chi connectivity index (χ2v) is 6.41. The van der Waals surface area contributed by atoms with E-state index in [0.717, 1.165) is 0 Å². The van der Waals surface area contributed by atoms with Crippen LogP contribution in [0.2, 0.25) is 0 Å². The van der Waals surface area contributed by atoms with Crippen LogP contribution in [0.5, 0.6) is 5.75 Å². The van der Waals surface area contributed by atoms with E-state index in [1.165, 1.54) is 0 Å². The number of hydrogen-bond acceptors (Lipinski definition) is 4. The summed E-state index contributed by atoms with van der Waals surface area (Å²) in [5, 5.41) is 17.1. The Morgan fingerprint density at radius 2 is 1.61 bits per heavy atom. The van der Waals surface area contributed by atoms with E-state index in [4.69, 9.17) is 10.00 Å². The van der Waals surface area contributed by atoms with Gasteiger partial charge < -0.3 is 9.30 Å². The second kappa shape index (κ2) is 7.90. The van der Waals surface area contributed by atoms with Gasteiger partial charge in [-0.3, -0.25) is 0 Å². The molecule has 0 N–H and O–H groups in total. The smallest absolute Gasteiger partial charge is 0.192 e. The number of aromatic nitrogens is 3. The van der Waals surface area contributed by atoms with E-state index in [1.807, 2.05) is 6.07 Å². The fourth-order valence-electron chi connectivity index (χ4n) is 2.73. The van der Waals surface area contributed by atoms with Crippen molar-refractivity contribution in [1.29, 1.82) is 5.26 Å². The zero-order valence-corrected chi connectivity index (χ0v) is 16.0. The van der Waals surface area contributed by atoms with Gasteiger partial charge in [-0.2, -0.15) is 5.26 Å². The molecule has 3 rings (SSSR count). The average molecular weight is 409 g/mol. The van der Waals surface area contributed by atoms with E-state index >= 15 is 0 Å². The molecule has 0 aliphatic carbocycles. The summed E-state index contributed by atoms with van der Waals surface area (Å²) < 4.78 is 48.1. The van der Waals surface area contributed by atoms with Gasteiger partial charge in [0, 0.05) is 24.7 Å². The Morgan fingerprint density at radius 3 is 2.14 bits per heavy atom. The molecule has 0 radical (unpaired) electrons. The molecule has 2 aromatic carbocycles. The van der Waals surface area contributed by atoms with E-state index in [1.54, 1.807) is 49.7 Å². The first-order valence-electron chi connectivity index (χ1n) is 7.97. The third-order valence-corrected chi connectivity index (χ3v) is 4.01. The molecule has 3 aromatic rings. The van der Waals surface area contributed by atoms with Crippen molar-refractivity contribution >= 4 is 12.4 Å². The normalized spacial score (nSPS) is 10.9. The summed E-state index contributed by atoms with van der Waals surface area (Å²) in [6.45, 7) is 3.14. The van der Waals surface area contributed by atoms with Crippen LogP contribution in [0.1, 0.15) is 25.2 Å². The summed E-state index contributed by atoms with van der Waals surface area (Å²) in [4.78, 5) is 0. The van der Waals surface area contributed by atoms with E-state index in [9.17, 15) is 13.2 Å². The minimum Gasteiger partial charge on any atom is -0.474 e. The van der Waals surface area contributed by atoms with Crippen molar-refractivity contribution in [2.24, 2.45) is 7.05 Å². The summed E-state index contributed by atoms with van der Waals surface area (Å²) in [6.07, 6.45) is 0. The predicted octanol–water partition coefficient (Wildman–Crippen LogP) is 4.51. The van der Waals surface area contributed by atoms with E-state index in [0.29, 0.717) is 34.9 Å². The topological polar surface area (TPSA) is 63.7 Å². The number of rotatable bonds is 4. The molecular weight excluding hydrogens is 393 g/mol. The molecule has 0 atom stereocenters. The molecule has 0 bridgehead atoms. The van der Waals surface area contributed by atoms with Crippen molar-refractivity contribution in [3.63, 3.8) is 0 Å². The lowest BCUT2D eigenvalue weighted by molar-refractivity contribution is 0.0833. The molecule has 0 aliphatic heterocycles. The van der Waals surface area contributed by atoms with Gasteiger partial charge in [0.05, 0.1) is 11.6 Å². The van der Waals surface area contributed by atoms with Crippen LogP contribution >= 0.6 is 12.4 Å². The number of hydrogen-bond donors (Lipinski definition) is 0. The zero-order chi connectivity index (χ0) is 19.8. The third kappa shape index (κ3) is 3.94. The summed E-state index contributed by atoms with van der Waals surface area (Å²) in [5.74, 6) is -3.21. The lowest BCUT2D eigenvalue weighted by Crippen LogP contribution is -2.30. The van der Waals surface area contributed by atoms with Gasteiger partial charge in [-0.15, -0.1) is 22.6 Å². The van der Waals surface area contributed by atoms with Gasteiger partial charge in [-0.05, 0) is 38.1 Å². The Bertz CT molecular complexity index is 1020. The highest BCUT2D eigenvalue weighted by Crippen LogP contribution is 2.32. The first kappa shape index (κ1) is 21.3. The molecule has 1 heterocycles. The fraction of sp³-hybridized carbons (Fsp3) is 0.211. The third-order valence-electron chi connectivity index (χ3n) is 4.01. The quantitative estimate of drug-likeness (QED) is 0.637. The van der Waals surface area contributed by atoms with Crippen molar-refractivity contribution in [1.82, 2.24) is 14.8 Å². The Morgan fingerprint density at radius 1 is 1.04 bits per heavy atom. The maximum Gasteiger partial charge on any atom is 0.192 e. The standard InChI is InChI=1S/C19H15F3N4O.ClH/c1-19(2,27-16-14(21)8-13(20)9-15(16)22)18-25-24-17(26(18)3)12-6-4-11(10-23)5-7-12;/h4-9H,1-3H3;1H. The first-order chi connectivity index (χ1) is 12.7. The number of nitriles is 1. The molecule has 0 aliphatic rings. The molecular formula is C19H16ClF3N4O. The SMILES string of the molecule is Cl.Cn1c(-c2ccc(C#N)cc2)nnc1C(C)(C)Oc1c(F)cc(F)cc1F. The van der Waals surface area contributed by atoms with Gasteiger partial charge in [0.1, 0.15) is 5.82 Å². The molecule has 146 valence electrons. The number of nitrogens with zero attached hydrogens (tertiary/aromatic N) is 4. The fourth-order valence-corrected chi connectivity index (χ4v) is 2.73. The molecule has 5 nitrogen and oxygen atoms in total. The highest BCUT2D eigenvalue weighted by molar-refractivity contribution is 5.85. The molecule has 0 spiro atoms. The van der Waals surface area contributed by atoms with Crippen LogP contribution in [0, 0.1) is 28.8 Å². The van der Waals surface area contributed by atoms with Crippen molar-refractivity contribution < 1.29 is 17.9 Å². The molecule has 0 fully saturated rings. The van der Waals surface area contributed by atoms with E-state index < -0.39 is 28.8 Å². The summed E-state index contributed by atoms with van der Waals surface area (Å²) in [6, 6.07) is 9.87. The molecule has 1 aromatic heterocycles. The predicted molar refractivity (Wildman–Crippen MR) is 98.4 cm³/mol. The highest BCUT2D eigenvalue weighted by atomic mass is 35.5. The van der Waals surface area contributed by atoms with E-state index in [2.05, 4.69) is 10.2 Å². The lowest BCUT2D eigenvalue weighted by Gasteiger charge is -2.26. The van der Waals surface area contributed by atoms with Crippen molar-refractivity contribution in [2.45, 2.75) is 19.4 Å². The van der Waals surface area contributed by atoms with Gasteiger partial charge in [-0.25, -0.2) is 13.2 Å². The highest BCUT2D eigenvalue weighted by Gasteiger charge is 2.32. The summed E-state index contributed by atoms with van der Waals surface area (Å²) in [7, 11) is 1.69. The van der Waals surface area contributed by atoms with Crippen LogP contribution in [-0.4, -0.2) is 14.8 Å². The van der Waals surface area contributed by atoms with Gasteiger partial charge in [-0.1, -0.05) is 0 Å². The van der Waals surface area contributed by atoms with Crippen molar-refractivity contribution in [3.05, 3.63) is 65.2 Å². The van der Waals surface area contributed by atoms with Crippen LogP contribution in [0.3, 0.4) is 0 Å². The largest absolute Gasteiger partial charge is 0.474 e. The second-order valence-electron chi connectivity index (χ2n) is 6.41. The molecule has 0 saturated heterocycles. The van der Waals surface area contributed by atoms with Crippen LogP contribution in [-0.2, 0) is 12.6 Å². The maximum atomic E-state index is 13.9. The van der Waals surface area contributed by atoms with Gasteiger partial charge >= 0.3 is 0 Å². The molecule has 9 heteroatoms. The van der Waals surface area contributed by atoms with Crippen LogP contribution in [0.15, 0.2) is 36.4 Å². The lowest BCUT2D eigenvalue weighted by atomic mass is 10.1. The van der Waals surface area contributed by atoms with Gasteiger partial charge in [0.25, 0.3) is 0 Å². The molecule has 0 amide bonds. The van der Waals surface area contributed by atoms with E-state index in [-0.39, 0.29) is 12.4 Å². The number of halogens is 4. The molecule has 0 unspecified atom stereocenters. The number of benzene rings is 2. The minimum absolute atomic E-state index is 0. The Hall–Kier alpha value is -3.05. The van der Waals surface area contributed by atoms with Crippen LogP contribution in [0.25, 0.3) is 11.4 Å². The monoisotopic (exact) mass is 408 g/mol. The van der Waals surface area contributed by atoms with Crippen molar-refractivity contribution in [3.8, 4) is 23.2 Å². The Balaban J connectivity index is 0.00000280. The Kier molecular flexibility index (Phi) is 6.00. The number of ether oxygens (including phenoxy) is 1. The first-order valence-corrected chi connectivity index (χ1v) is 7.97. The zero-order valence-electron chi connectivity index (χ0n) is 15.2. The average Bonchev–Trinajstić information content (AvgIpc) is 3.00. The molecule has 0 saturated carbocycles. The van der Waals surface area contributed by atoms with Gasteiger partial charge in [0.2, 0.25) is 0 Å². The minimum atomic E-state index is -1.26. The van der Waals surface area contributed by atoms with Crippen LogP contribution in [0.4, 0.5) is 13.2 Å². The Labute approximate surface area is 165 Å². The summed E-state index contributed by atoms with van der Waals surface area (Å²) >= 11 is 0. The summed E-state index contributed by atoms with van der Waals surface area (Å²) in [5.41, 5.74) is -0.0381. The van der Waals surface area contributed by atoms with Gasteiger partial charge in [0.15, 0.2) is 34.6 Å². The molecule has 28 heavy (non-hydrogen) atoms. The van der Waals surface area contributed by atoms with Crippen LogP contribution < -0.4 is 4.74 Å². The van der Waals surface area contributed by atoms with Crippen molar-refractivity contribution in [2.75, 3.05) is 0 Å². The maximum absolute atomic E-state index is 13.9.